The fraction of sp³-hybridized carbons (Fsp3) is 0.464. The minimum atomic E-state index is -3.15. The molecule has 3 heterocycles. The van der Waals surface area contributed by atoms with Crippen molar-refractivity contribution in [2.75, 3.05) is 13.7 Å². The van der Waals surface area contributed by atoms with Crippen molar-refractivity contribution < 1.29 is 37.7 Å². The van der Waals surface area contributed by atoms with Crippen LogP contribution in [-0.4, -0.2) is 69.3 Å². The third-order valence-corrected chi connectivity index (χ3v) is 6.87. The van der Waals surface area contributed by atoms with Gasteiger partial charge in [-0.05, 0) is 69.9 Å². The van der Waals surface area contributed by atoms with Gasteiger partial charge in [-0.3, -0.25) is 9.20 Å². The van der Waals surface area contributed by atoms with Crippen LogP contribution in [0.3, 0.4) is 0 Å². The van der Waals surface area contributed by atoms with Gasteiger partial charge in [0.15, 0.2) is 0 Å². The molecule has 214 valence electrons. The van der Waals surface area contributed by atoms with Gasteiger partial charge >= 0.3 is 12.7 Å². The molecule has 12 heteroatoms. The molecular weight excluding hydrogens is 526 g/mol. The molecule has 10 nitrogen and oxygen atoms in total. The molecule has 1 aromatic carbocycles. The number of aliphatic hydroxyl groups excluding tert-OH is 1. The number of ether oxygens (including phenoxy) is 3. The third-order valence-electron chi connectivity index (χ3n) is 6.87. The zero-order valence-corrected chi connectivity index (χ0v) is 22.7. The van der Waals surface area contributed by atoms with Gasteiger partial charge in [-0.2, -0.15) is 8.78 Å². The number of benzene rings is 1. The van der Waals surface area contributed by atoms with E-state index in [0.717, 1.165) is 12.8 Å². The zero-order chi connectivity index (χ0) is 28.8. The van der Waals surface area contributed by atoms with Gasteiger partial charge in [0.2, 0.25) is 0 Å². The van der Waals surface area contributed by atoms with Crippen LogP contribution in [0, 0.1) is 0 Å². The first-order valence-corrected chi connectivity index (χ1v) is 13.1. The predicted octanol–water partition coefficient (Wildman–Crippen LogP) is 4.55. The molecule has 1 aliphatic heterocycles. The average Bonchev–Trinajstić information content (AvgIpc) is 3.55. The first kappa shape index (κ1) is 27.6. The van der Waals surface area contributed by atoms with Crippen molar-refractivity contribution in [3.8, 4) is 22.8 Å². The maximum absolute atomic E-state index is 13.3. The maximum Gasteiger partial charge on any atom is 0.410 e. The number of hydrogen-bond donors (Lipinski definition) is 2. The Morgan fingerprint density at radius 3 is 2.48 bits per heavy atom. The van der Waals surface area contributed by atoms with E-state index in [-0.39, 0.29) is 23.1 Å². The number of hydrogen-bond acceptors (Lipinski definition) is 7. The molecule has 2 atom stereocenters. The minimum absolute atomic E-state index is 0.00996. The lowest BCUT2D eigenvalue weighted by Gasteiger charge is -2.43. The molecule has 2 aromatic heterocycles. The van der Waals surface area contributed by atoms with Crippen molar-refractivity contribution in [2.24, 2.45) is 0 Å². The Kier molecular flexibility index (Phi) is 7.30. The van der Waals surface area contributed by atoms with Gasteiger partial charge < -0.3 is 29.5 Å². The van der Waals surface area contributed by atoms with Crippen molar-refractivity contribution in [1.29, 1.82) is 0 Å². The van der Waals surface area contributed by atoms with Crippen LogP contribution in [0.2, 0.25) is 0 Å². The summed E-state index contributed by atoms with van der Waals surface area (Å²) in [7, 11) is 1.35. The molecule has 2 amide bonds. The quantitative estimate of drug-likeness (QED) is 0.417. The largest absolute Gasteiger partial charge is 0.496 e. The summed E-state index contributed by atoms with van der Waals surface area (Å²) in [4.78, 5) is 31.3. The maximum atomic E-state index is 13.3. The number of rotatable bonds is 8. The highest BCUT2D eigenvalue weighted by atomic mass is 19.3. The number of likely N-dealkylation sites (tertiary alicyclic amines) is 1. The summed E-state index contributed by atoms with van der Waals surface area (Å²) >= 11 is 0. The number of pyridine rings is 1. The number of methoxy groups -OCH3 is 1. The number of carbonyl (C=O) groups is 2. The Morgan fingerprint density at radius 2 is 1.88 bits per heavy atom. The molecular formula is C28H32F2N4O6. The molecule has 2 aliphatic rings. The van der Waals surface area contributed by atoms with Gasteiger partial charge in [0.1, 0.15) is 28.3 Å². The van der Waals surface area contributed by atoms with Gasteiger partial charge in [0.25, 0.3) is 5.91 Å². The predicted molar refractivity (Wildman–Crippen MR) is 141 cm³/mol. The second-order valence-corrected chi connectivity index (χ2v) is 11.0. The Morgan fingerprint density at radius 1 is 1.15 bits per heavy atom. The van der Waals surface area contributed by atoms with Crippen molar-refractivity contribution >= 4 is 17.6 Å². The van der Waals surface area contributed by atoms with E-state index in [1.54, 1.807) is 55.8 Å². The lowest BCUT2D eigenvalue weighted by Crippen LogP contribution is -2.55. The van der Waals surface area contributed by atoms with E-state index in [4.69, 9.17) is 14.2 Å². The van der Waals surface area contributed by atoms with E-state index in [2.05, 4.69) is 10.3 Å². The van der Waals surface area contributed by atoms with Crippen LogP contribution in [0.15, 0.2) is 36.7 Å². The molecule has 0 spiro atoms. The molecule has 0 bridgehead atoms. The van der Waals surface area contributed by atoms with E-state index in [1.807, 2.05) is 0 Å². The Balaban J connectivity index is 1.44. The number of alkyl halides is 2. The van der Waals surface area contributed by atoms with Crippen molar-refractivity contribution in [3.63, 3.8) is 0 Å². The smallest absolute Gasteiger partial charge is 0.410 e. The molecule has 1 saturated carbocycles. The van der Waals surface area contributed by atoms with Crippen LogP contribution in [0.4, 0.5) is 13.6 Å². The number of amides is 2. The minimum Gasteiger partial charge on any atom is -0.496 e. The Hall–Kier alpha value is -3.93. The van der Waals surface area contributed by atoms with Gasteiger partial charge in [-0.25, -0.2) is 9.78 Å². The van der Waals surface area contributed by atoms with Crippen LogP contribution in [-0.2, 0) is 4.74 Å². The van der Waals surface area contributed by atoms with Crippen LogP contribution in [0.5, 0.6) is 11.5 Å². The Bertz CT molecular complexity index is 1430. The van der Waals surface area contributed by atoms with Crippen LogP contribution in [0.1, 0.15) is 62.1 Å². The summed E-state index contributed by atoms with van der Waals surface area (Å²) in [6, 6.07) is 5.91. The number of aromatic nitrogens is 2. The monoisotopic (exact) mass is 558 g/mol. The standard InChI is InChI=1S/C28H32F2N4O6/c1-28(2,3)40-27(37)34-10-8-18(34)24(35)15-7-9-33-19(14-31-22(33)13-15)16-11-20(38-4)23(21(12-16)39-26(29)30)25(36)32-17-5-6-17/h7,9,11-14,17-18,24,26,35H,5-6,8,10H2,1-4H3,(H,32,36). The van der Waals surface area contributed by atoms with Gasteiger partial charge in [0, 0.05) is 24.3 Å². The topological polar surface area (TPSA) is 115 Å². The second kappa shape index (κ2) is 10.6. The summed E-state index contributed by atoms with van der Waals surface area (Å²) < 4.78 is 43.9. The molecule has 40 heavy (non-hydrogen) atoms. The van der Waals surface area contributed by atoms with E-state index in [0.29, 0.717) is 35.4 Å². The van der Waals surface area contributed by atoms with Gasteiger partial charge in [0.05, 0.1) is 31.1 Å². The Labute approximate surface area is 229 Å². The van der Waals surface area contributed by atoms with Gasteiger partial charge in [-0.15, -0.1) is 0 Å². The van der Waals surface area contributed by atoms with Crippen LogP contribution in [0.25, 0.3) is 16.9 Å². The second-order valence-electron chi connectivity index (χ2n) is 11.0. The zero-order valence-electron chi connectivity index (χ0n) is 22.7. The van der Waals surface area contributed by atoms with E-state index in [1.165, 1.54) is 18.1 Å². The number of halogens is 2. The third kappa shape index (κ3) is 5.67. The van der Waals surface area contributed by atoms with Gasteiger partial charge in [-0.1, -0.05) is 0 Å². The summed E-state index contributed by atoms with van der Waals surface area (Å²) in [5.41, 5.74) is 1.27. The molecule has 1 aliphatic carbocycles. The molecule has 1 saturated heterocycles. The van der Waals surface area contributed by atoms with E-state index in [9.17, 15) is 23.5 Å². The highest BCUT2D eigenvalue weighted by Crippen LogP contribution is 2.38. The van der Waals surface area contributed by atoms with E-state index >= 15 is 0 Å². The molecule has 2 N–H and O–H groups in total. The van der Waals surface area contributed by atoms with Crippen molar-refractivity contribution in [2.45, 2.75) is 70.4 Å². The number of carbonyl (C=O) groups excluding carboxylic acids is 2. The lowest BCUT2D eigenvalue weighted by molar-refractivity contribution is -0.0502. The number of imidazole rings is 1. The summed E-state index contributed by atoms with van der Waals surface area (Å²) in [6.07, 6.45) is 4.09. The summed E-state index contributed by atoms with van der Waals surface area (Å²) in [5, 5.41) is 13.8. The highest BCUT2D eigenvalue weighted by Gasteiger charge is 2.40. The average molecular weight is 559 g/mol. The normalized spacial score (nSPS) is 17.9. The first-order valence-electron chi connectivity index (χ1n) is 13.1. The SMILES string of the molecule is COc1cc(-c2cnc3cc(C(O)C4CCN4C(=O)OC(C)(C)C)ccn23)cc(OC(F)F)c1C(=O)NC1CC1. The van der Waals surface area contributed by atoms with Crippen LogP contribution < -0.4 is 14.8 Å². The number of fused-ring (bicyclic) bond motifs is 1. The summed E-state index contributed by atoms with van der Waals surface area (Å²) in [5.74, 6) is -0.771. The number of aliphatic hydroxyl groups is 1. The fourth-order valence-corrected chi connectivity index (χ4v) is 4.70. The fourth-order valence-electron chi connectivity index (χ4n) is 4.70. The van der Waals surface area contributed by atoms with E-state index < -0.39 is 36.4 Å². The molecule has 3 aromatic rings. The highest BCUT2D eigenvalue weighted by molar-refractivity contribution is 6.01. The molecule has 2 fully saturated rings. The van der Waals surface area contributed by atoms with Crippen molar-refractivity contribution in [1.82, 2.24) is 19.6 Å². The summed E-state index contributed by atoms with van der Waals surface area (Å²) in [6.45, 7) is 2.70. The first-order chi connectivity index (χ1) is 18.9. The molecule has 2 unspecified atom stereocenters. The van der Waals surface area contributed by atoms with Crippen molar-refractivity contribution in [3.05, 3.63) is 47.8 Å². The van der Waals surface area contributed by atoms with Crippen LogP contribution >= 0.6 is 0 Å². The number of nitrogens with one attached hydrogen (secondary N) is 1. The molecule has 5 rings (SSSR count). The number of nitrogens with zero attached hydrogens (tertiary/aromatic N) is 3. The molecule has 0 radical (unpaired) electrons. The lowest BCUT2D eigenvalue weighted by atomic mass is 9.93.